The highest BCUT2D eigenvalue weighted by Crippen LogP contribution is 2.39. The zero-order valence-electron chi connectivity index (χ0n) is 12.6. The van der Waals surface area contributed by atoms with Crippen LogP contribution in [0.15, 0.2) is 18.2 Å². The molecule has 1 heterocycles. The maximum Gasteiger partial charge on any atom is 0.128 e. The first-order valence-electron chi connectivity index (χ1n) is 7.31. The summed E-state index contributed by atoms with van der Waals surface area (Å²) in [6.45, 7) is 7.08. The predicted molar refractivity (Wildman–Crippen MR) is 85.8 cm³/mol. The molecule has 112 valence electrons. The second kappa shape index (κ2) is 6.72. The van der Waals surface area contributed by atoms with Crippen molar-refractivity contribution in [3.8, 4) is 11.5 Å². The third kappa shape index (κ3) is 4.06. The molecule has 0 aliphatic carbocycles. The average molecular weight is 295 g/mol. The summed E-state index contributed by atoms with van der Waals surface area (Å²) in [5.41, 5.74) is 7.08. The van der Waals surface area contributed by atoms with Gasteiger partial charge in [-0.25, -0.2) is 0 Å². The van der Waals surface area contributed by atoms with Gasteiger partial charge in [-0.05, 0) is 37.8 Å². The summed E-state index contributed by atoms with van der Waals surface area (Å²) in [5.74, 6) is 4.06. The van der Waals surface area contributed by atoms with Gasteiger partial charge in [0.15, 0.2) is 0 Å². The molecule has 0 amide bonds. The SMILES string of the molecule is CCSCCCOc1ccc2c(c1)OC(C)(C)CC2N. The molecule has 1 aromatic rings. The Morgan fingerprint density at radius 1 is 1.45 bits per heavy atom. The molecule has 1 aliphatic rings. The van der Waals surface area contributed by atoms with E-state index in [2.05, 4.69) is 20.8 Å². The van der Waals surface area contributed by atoms with E-state index in [1.807, 2.05) is 30.0 Å². The summed E-state index contributed by atoms with van der Waals surface area (Å²) in [7, 11) is 0. The van der Waals surface area contributed by atoms with Gasteiger partial charge < -0.3 is 15.2 Å². The fourth-order valence-corrected chi connectivity index (χ4v) is 3.08. The molecular formula is C16H25NO2S. The quantitative estimate of drug-likeness (QED) is 0.811. The third-order valence-electron chi connectivity index (χ3n) is 3.39. The lowest BCUT2D eigenvalue weighted by atomic mass is 9.90. The molecule has 0 fully saturated rings. The molecule has 3 nitrogen and oxygen atoms in total. The standard InChI is InChI=1S/C16H25NO2S/c1-4-20-9-5-8-18-12-6-7-13-14(17)11-16(2,3)19-15(13)10-12/h6-7,10,14H,4-5,8-9,11,17H2,1-3H3. The molecule has 1 aromatic carbocycles. The Morgan fingerprint density at radius 3 is 3.00 bits per heavy atom. The van der Waals surface area contributed by atoms with Gasteiger partial charge in [0.25, 0.3) is 0 Å². The first-order chi connectivity index (χ1) is 9.52. The highest BCUT2D eigenvalue weighted by molar-refractivity contribution is 7.99. The first-order valence-corrected chi connectivity index (χ1v) is 8.46. The van der Waals surface area contributed by atoms with Crippen LogP contribution in [0.4, 0.5) is 0 Å². The van der Waals surface area contributed by atoms with Crippen LogP contribution in [-0.4, -0.2) is 23.7 Å². The molecule has 0 saturated heterocycles. The molecule has 0 saturated carbocycles. The maximum absolute atomic E-state index is 6.20. The molecule has 20 heavy (non-hydrogen) atoms. The molecule has 1 unspecified atom stereocenters. The van der Waals surface area contributed by atoms with Crippen molar-refractivity contribution in [1.82, 2.24) is 0 Å². The van der Waals surface area contributed by atoms with Gasteiger partial charge in [0, 0.05) is 24.1 Å². The van der Waals surface area contributed by atoms with Crippen molar-refractivity contribution in [3.05, 3.63) is 23.8 Å². The van der Waals surface area contributed by atoms with Crippen LogP contribution in [0.1, 0.15) is 45.2 Å². The van der Waals surface area contributed by atoms with Crippen LogP contribution < -0.4 is 15.2 Å². The summed E-state index contributed by atoms with van der Waals surface area (Å²) < 4.78 is 11.8. The average Bonchev–Trinajstić information content (AvgIpc) is 2.36. The third-order valence-corrected chi connectivity index (χ3v) is 4.37. The second-order valence-corrected chi connectivity index (χ2v) is 7.16. The summed E-state index contributed by atoms with van der Waals surface area (Å²) in [5, 5.41) is 0. The van der Waals surface area contributed by atoms with Crippen LogP contribution in [0.3, 0.4) is 0 Å². The Labute approximate surface area is 126 Å². The number of hydrogen-bond acceptors (Lipinski definition) is 4. The van der Waals surface area contributed by atoms with E-state index in [1.54, 1.807) is 0 Å². The number of benzene rings is 1. The van der Waals surface area contributed by atoms with Gasteiger partial charge in [0.2, 0.25) is 0 Å². The molecule has 2 rings (SSSR count). The lowest BCUT2D eigenvalue weighted by Crippen LogP contribution is -2.37. The first kappa shape index (κ1) is 15.5. The Bertz CT molecular complexity index is 448. The second-order valence-electron chi connectivity index (χ2n) is 5.77. The number of hydrogen-bond donors (Lipinski definition) is 1. The van der Waals surface area contributed by atoms with E-state index in [0.717, 1.165) is 42.3 Å². The van der Waals surface area contributed by atoms with Crippen molar-refractivity contribution in [1.29, 1.82) is 0 Å². The Balaban J connectivity index is 1.97. The van der Waals surface area contributed by atoms with Crippen molar-refractivity contribution in [2.45, 2.75) is 45.3 Å². The van der Waals surface area contributed by atoms with Crippen LogP contribution in [0.2, 0.25) is 0 Å². The molecule has 0 radical (unpaired) electrons. The summed E-state index contributed by atoms with van der Waals surface area (Å²) in [6.07, 6.45) is 1.91. The molecular weight excluding hydrogens is 270 g/mol. The van der Waals surface area contributed by atoms with E-state index in [9.17, 15) is 0 Å². The van der Waals surface area contributed by atoms with Crippen molar-refractivity contribution >= 4 is 11.8 Å². The fourth-order valence-electron chi connectivity index (χ4n) is 2.47. The summed E-state index contributed by atoms with van der Waals surface area (Å²) in [6, 6.07) is 6.05. The highest BCUT2D eigenvalue weighted by atomic mass is 32.2. The van der Waals surface area contributed by atoms with Gasteiger partial charge in [-0.3, -0.25) is 0 Å². The highest BCUT2D eigenvalue weighted by Gasteiger charge is 2.31. The van der Waals surface area contributed by atoms with Gasteiger partial charge in [-0.1, -0.05) is 13.0 Å². The number of fused-ring (bicyclic) bond motifs is 1. The van der Waals surface area contributed by atoms with Gasteiger partial charge in [0.1, 0.15) is 17.1 Å². The fraction of sp³-hybridized carbons (Fsp3) is 0.625. The molecule has 0 spiro atoms. The number of nitrogens with two attached hydrogens (primary N) is 1. The van der Waals surface area contributed by atoms with E-state index in [4.69, 9.17) is 15.2 Å². The Hall–Kier alpha value is -0.870. The number of ether oxygens (including phenoxy) is 2. The minimum atomic E-state index is -0.206. The molecule has 1 aliphatic heterocycles. The molecule has 1 atom stereocenters. The normalized spacial score (nSPS) is 20.1. The van der Waals surface area contributed by atoms with Gasteiger partial charge in [0.05, 0.1) is 6.61 Å². The van der Waals surface area contributed by atoms with Crippen LogP contribution in [-0.2, 0) is 0 Å². The van der Waals surface area contributed by atoms with Crippen molar-refractivity contribution < 1.29 is 9.47 Å². The zero-order valence-corrected chi connectivity index (χ0v) is 13.5. The lowest BCUT2D eigenvalue weighted by Gasteiger charge is -2.36. The van der Waals surface area contributed by atoms with E-state index in [0.29, 0.717) is 0 Å². The Morgan fingerprint density at radius 2 is 2.25 bits per heavy atom. The molecule has 2 N–H and O–H groups in total. The molecule has 0 bridgehead atoms. The smallest absolute Gasteiger partial charge is 0.128 e. The number of rotatable bonds is 6. The van der Waals surface area contributed by atoms with E-state index >= 15 is 0 Å². The Kier molecular flexibility index (Phi) is 5.22. The van der Waals surface area contributed by atoms with E-state index in [-0.39, 0.29) is 11.6 Å². The zero-order chi connectivity index (χ0) is 14.6. The molecule has 0 aromatic heterocycles. The topological polar surface area (TPSA) is 44.5 Å². The lowest BCUT2D eigenvalue weighted by molar-refractivity contribution is 0.0724. The van der Waals surface area contributed by atoms with Crippen molar-refractivity contribution in [2.24, 2.45) is 5.73 Å². The van der Waals surface area contributed by atoms with Gasteiger partial charge in [-0.2, -0.15) is 11.8 Å². The van der Waals surface area contributed by atoms with E-state index in [1.165, 1.54) is 5.75 Å². The molecule has 4 heteroatoms. The largest absolute Gasteiger partial charge is 0.493 e. The van der Waals surface area contributed by atoms with Crippen LogP contribution in [0.5, 0.6) is 11.5 Å². The maximum atomic E-state index is 6.20. The minimum absolute atomic E-state index is 0.0451. The van der Waals surface area contributed by atoms with Gasteiger partial charge in [-0.15, -0.1) is 0 Å². The van der Waals surface area contributed by atoms with Crippen LogP contribution >= 0.6 is 11.8 Å². The van der Waals surface area contributed by atoms with Gasteiger partial charge >= 0.3 is 0 Å². The number of thioether (sulfide) groups is 1. The van der Waals surface area contributed by atoms with Crippen molar-refractivity contribution in [2.75, 3.05) is 18.1 Å². The minimum Gasteiger partial charge on any atom is -0.493 e. The van der Waals surface area contributed by atoms with Crippen LogP contribution in [0, 0.1) is 0 Å². The predicted octanol–water partition coefficient (Wildman–Crippen LogP) is 3.77. The van der Waals surface area contributed by atoms with Crippen molar-refractivity contribution in [3.63, 3.8) is 0 Å². The summed E-state index contributed by atoms with van der Waals surface area (Å²) in [4.78, 5) is 0. The van der Waals surface area contributed by atoms with E-state index < -0.39 is 0 Å². The monoisotopic (exact) mass is 295 g/mol. The summed E-state index contributed by atoms with van der Waals surface area (Å²) >= 11 is 1.94. The van der Waals surface area contributed by atoms with Crippen LogP contribution in [0.25, 0.3) is 0 Å².